The van der Waals surface area contributed by atoms with E-state index in [-0.39, 0.29) is 11.4 Å². The maximum Gasteiger partial charge on any atom is 0.305 e. The van der Waals surface area contributed by atoms with Gasteiger partial charge in [0.05, 0.1) is 5.56 Å². The number of hydrogen-bond donors (Lipinski definition) is 1. The molecular weight excluding hydrogens is 250 g/mol. The van der Waals surface area contributed by atoms with Crippen molar-refractivity contribution in [3.8, 4) is 11.1 Å². The van der Waals surface area contributed by atoms with Crippen LogP contribution < -0.4 is 5.73 Å². The van der Waals surface area contributed by atoms with Gasteiger partial charge < -0.3 is 10.3 Å². The molecule has 3 nitrogen and oxygen atoms in total. The van der Waals surface area contributed by atoms with E-state index in [4.69, 9.17) is 17.3 Å². The molecule has 0 radical (unpaired) electrons. The molecule has 0 atom stereocenters. The Morgan fingerprint density at radius 1 is 1.35 bits per heavy atom. The van der Waals surface area contributed by atoms with Crippen LogP contribution in [0.5, 0.6) is 0 Å². The summed E-state index contributed by atoms with van der Waals surface area (Å²) in [6.07, 6.45) is 0. The minimum atomic E-state index is -3.17. The molecule has 6 heteroatoms. The number of nitrogens with two attached hydrogens (primary N) is 1. The molecule has 0 fully saturated rings. The first-order valence-corrected chi connectivity index (χ1v) is 5.17. The maximum atomic E-state index is 13.3. The van der Waals surface area contributed by atoms with Gasteiger partial charge in [-0.05, 0) is 6.07 Å². The molecule has 1 aromatic carbocycles. The summed E-state index contributed by atoms with van der Waals surface area (Å²) in [5, 5.41) is 3.68. The van der Waals surface area contributed by atoms with Gasteiger partial charge in [0.15, 0.2) is 5.82 Å². The highest BCUT2D eigenvalue weighted by molar-refractivity contribution is 6.33. The van der Waals surface area contributed by atoms with Crippen molar-refractivity contribution in [2.75, 3.05) is 5.73 Å². The predicted molar refractivity (Wildman–Crippen MR) is 60.9 cm³/mol. The highest BCUT2D eigenvalue weighted by atomic mass is 35.5. The second-order valence-corrected chi connectivity index (χ2v) is 4.05. The van der Waals surface area contributed by atoms with E-state index in [1.165, 1.54) is 0 Å². The van der Waals surface area contributed by atoms with Gasteiger partial charge in [-0.1, -0.05) is 35.0 Å². The van der Waals surface area contributed by atoms with Crippen molar-refractivity contribution >= 4 is 17.4 Å². The number of benzene rings is 1. The lowest BCUT2D eigenvalue weighted by molar-refractivity contribution is -0.00974. The molecule has 0 unspecified atom stereocenters. The molecule has 2 aromatic rings. The third-order valence-corrected chi connectivity index (χ3v) is 2.59. The van der Waals surface area contributed by atoms with Crippen LogP contribution in [0, 0.1) is 0 Å². The van der Waals surface area contributed by atoms with Crippen molar-refractivity contribution in [1.29, 1.82) is 0 Å². The molecule has 2 rings (SSSR count). The third kappa shape index (κ3) is 2.10. The average molecular weight is 259 g/mol. The number of hydrogen-bond acceptors (Lipinski definition) is 3. The Bertz CT molecular complexity index is 549. The van der Waals surface area contributed by atoms with Crippen molar-refractivity contribution in [2.24, 2.45) is 0 Å². The first kappa shape index (κ1) is 11.9. The summed E-state index contributed by atoms with van der Waals surface area (Å²) in [6.45, 7) is 0.716. The molecule has 0 bridgehead atoms. The zero-order chi connectivity index (χ0) is 12.6. The lowest BCUT2D eigenvalue weighted by atomic mass is 10.0. The molecule has 90 valence electrons. The molecule has 0 spiro atoms. The standard InChI is InChI=1S/C11H9ClF2N2O/c1-11(13,14)9-8(10(15)16-17-9)6-4-2-3-5-7(6)12/h2-5H,1H3,(H2,15,16). The quantitative estimate of drug-likeness (QED) is 0.894. The Kier molecular flexibility index (Phi) is 2.79. The number of aromatic nitrogens is 1. The summed E-state index contributed by atoms with van der Waals surface area (Å²) in [6, 6.07) is 6.53. The van der Waals surface area contributed by atoms with E-state index in [1.807, 2.05) is 0 Å². The lowest BCUT2D eigenvalue weighted by Crippen LogP contribution is -2.07. The van der Waals surface area contributed by atoms with Crippen LogP contribution in [0.1, 0.15) is 12.7 Å². The monoisotopic (exact) mass is 258 g/mol. The highest BCUT2D eigenvalue weighted by Crippen LogP contribution is 2.41. The van der Waals surface area contributed by atoms with Gasteiger partial charge in [-0.3, -0.25) is 0 Å². The van der Waals surface area contributed by atoms with Crippen molar-refractivity contribution in [3.05, 3.63) is 35.0 Å². The Labute approximate surface area is 101 Å². The molecule has 0 saturated carbocycles. The van der Waals surface area contributed by atoms with E-state index in [2.05, 4.69) is 9.68 Å². The van der Waals surface area contributed by atoms with Crippen LogP contribution in [-0.4, -0.2) is 5.16 Å². The van der Waals surface area contributed by atoms with E-state index in [9.17, 15) is 8.78 Å². The van der Waals surface area contributed by atoms with Crippen molar-refractivity contribution < 1.29 is 13.3 Å². The van der Waals surface area contributed by atoms with E-state index in [0.717, 1.165) is 0 Å². The minimum absolute atomic E-state index is 0.0445. The van der Waals surface area contributed by atoms with Crippen LogP contribution in [0.2, 0.25) is 5.02 Å². The lowest BCUT2D eigenvalue weighted by Gasteiger charge is -2.09. The van der Waals surface area contributed by atoms with Crippen molar-refractivity contribution in [1.82, 2.24) is 5.16 Å². The Hall–Kier alpha value is -1.62. The fourth-order valence-corrected chi connectivity index (χ4v) is 1.76. The summed E-state index contributed by atoms with van der Waals surface area (Å²) in [5.74, 6) is -3.85. The van der Waals surface area contributed by atoms with Crippen LogP contribution in [0.25, 0.3) is 11.1 Å². The number of anilines is 1. The fraction of sp³-hybridized carbons (Fsp3) is 0.182. The van der Waals surface area contributed by atoms with E-state index in [0.29, 0.717) is 17.5 Å². The number of alkyl halides is 2. The SMILES string of the molecule is CC(F)(F)c1onc(N)c1-c1ccccc1Cl. The molecule has 0 aliphatic heterocycles. The largest absolute Gasteiger partial charge is 0.380 e. The van der Waals surface area contributed by atoms with E-state index < -0.39 is 11.7 Å². The van der Waals surface area contributed by atoms with Gasteiger partial charge in [0.2, 0.25) is 5.76 Å². The first-order chi connectivity index (χ1) is 7.91. The Morgan fingerprint density at radius 2 is 2.00 bits per heavy atom. The third-order valence-electron chi connectivity index (χ3n) is 2.26. The molecule has 0 amide bonds. The number of halogens is 3. The smallest absolute Gasteiger partial charge is 0.305 e. The van der Waals surface area contributed by atoms with Crippen molar-refractivity contribution in [3.63, 3.8) is 0 Å². The molecule has 1 heterocycles. The normalized spacial score (nSPS) is 11.8. The van der Waals surface area contributed by atoms with Crippen molar-refractivity contribution in [2.45, 2.75) is 12.8 Å². The molecule has 0 saturated heterocycles. The van der Waals surface area contributed by atoms with Crippen LogP contribution in [0.3, 0.4) is 0 Å². The highest BCUT2D eigenvalue weighted by Gasteiger charge is 2.35. The van der Waals surface area contributed by atoms with Crippen LogP contribution in [0.4, 0.5) is 14.6 Å². The molecule has 2 N–H and O–H groups in total. The number of nitrogen functional groups attached to an aromatic ring is 1. The van der Waals surface area contributed by atoms with Crippen LogP contribution >= 0.6 is 11.6 Å². The van der Waals surface area contributed by atoms with Gasteiger partial charge in [0, 0.05) is 17.5 Å². The number of rotatable bonds is 2. The maximum absolute atomic E-state index is 13.3. The summed E-state index contributed by atoms with van der Waals surface area (Å²) < 4.78 is 31.2. The summed E-state index contributed by atoms with van der Waals surface area (Å²) in [5.41, 5.74) is 5.97. The van der Waals surface area contributed by atoms with E-state index in [1.54, 1.807) is 24.3 Å². The molecule has 17 heavy (non-hydrogen) atoms. The molecular formula is C11H9ClF2N2O. The summed E-state index contributed by atoms with van der Waals surface area (Å²) in [7, 11) is 0. The summed E-state index contributed by atoms with van der Waals surface area (Å²) in [4.78, 5) is 0. The number of nitrogens with zero attached hydrogens (tertiary/aromatic N) is 1. The fourth-order valence-electron chi connectivity index (χ4n) is 1.53. The second kappa shape index (κ2) is 4.00. The zero-order valence-corrected chi connectivity index (χ0v) is 9.63. The summed E-state index contributed by atoms with van der Waals surface area (Å²) >= 11 is 5.94. The van der Waals surface area contributed by atoms with Gasteiger partial charge in [-0.15, -0.1) is 0 Å². The zero-order valence-electron chi connectivity index (χ0n) is 8.88. The van der Waals surface area contributed by atoms with Crippen LogP contribution in [-0.2, 0) is 5.92 Å². The van der Waals surface area contributed by atoms with Gasteiger partial charge in [0.25, 0.3) is 0 Å². The van der Waals surface area contributed by atoms with Gasteiger partial charge >= 0.3 is 5.92 Å². The van der Waals surface area contributed by atoms with Gasteiger partial charge in [-0.2, -0.15) is 8.78 Å². The van der Waals surface area contributed by atoms with Gasteiger partial charge in [-0.25, -0.2) is 0 Å². The second-order valence-electron chi connectivity index (χ2n) is 3.64. The topological polar surface area (TPSA) is 52.0 Å². The predicted octanol–water partition coefficient (Wildman–Crippen LogP) is 3.69. The Balaban J connectivity index is 2.68. The Morgan fingerprint density at radius 3 is 2.59 bits per heavy atom. The average Bonchev–Trinajstić information content (AvgIpc) is 2.60. The van der Waals surface area contributed by atoms with Gasteiger partial charge in [0.1, 0.15) is 0 Å². The van der Waals surface area contributed by atoms with E-state index >= 15 is 0 Å². The molecule has 0 aliphatic rings. The first-order valence-electron chi connectivity index (χ1n) is 4.79. The molecule has 0 aliphatic carbocycles. The van der Waals surface area contributed by atoms with Crippen LogP contribution in [0.15, 0.2) is 28.8 Å². The molecule has 1 aromatic heterocycles. The minimum Gasteiger partial charge on any atom is -0.380 e.